The van der Waals surface area contributed by atoms with Crippen molar-refractivity contribution in [2.75, 3.05) is 6.54 Å². The molecule has 0 aliphatic heterocycles. The molecule has 0 rings (SSSR count). The largest absolute Gasteiger partial charge is 0.293 e. The third kappa shape index (κ3) is 11.2. The van der Waals surface area contributed by atoms with Crippen LogP contribution in [-0.2, 0) is 0 Å². The van der Waals surface area contributed by atoms with Gasteiger partial charge in [-0.05, 0) is 45.6 Å². The zero-order chi connectivity index (χ0) is 12.2. The summed E-state index contributed by atoms with van der Waals surface area (Å²) in [6.45, 7) is 9.59. The van der Waals surface area contributed by atoms with Crippen molar-refractivity contribution in [3.63, 3.8) is 0 Å². The van der Waals surface area contributed by atoms with E-state index in [0.717, 1.165) is 19.4 Å². The molecule has 1 heteroatoms. The van der Waals surface area contributed by atoms with Crippen molar-refractivity contribution in [1.82, 2.24) is 0 Å². The van der Waals surface area contributed by atoms with Gasteiger partial charge < -0.3 is 0 Å². The first-order chi connectivity index (χ1) is 7.66. The summed E-state index contributed by atoms with van der Waals surface area (Å²) in [5.74, 6) is 0. The Morgan fingerprint density at radius 2 is 1.69 bits per heavy atom. The summed E-state index contributed by atoms with van der Waals surface area (Å²) in [5.41, 5.74) is 2.70. The van der Waals surface area contributed by atoms with Crippen LogP contribution in [0.15, 0.2) is 28.3 Å². The molecule has 0 fully saturated rings. The maximum Gasteiger partial charge on any atom is 0.0392 e. The molecule has 0 saturated carbocycles. The summed E-state index contributed by atoms with van der Waals surface area (Å²) >= 11 is 0. The molecule has 0 saturated heterocycles. The average molecular weight is 221 g/mol. The fraction of sp³-hybridized carbons (Fsp3) is 0.667. The highest BCUT2D eigenvalue weighted by Gasteiger charge is 1.85. The molecule has 16 heavy (non-hydrogen) atoms. The number of aliphatic imine (C=N–C) groups is 1. The Morgan fingerprint density at radius 3 is 2.31 bits per heavy atom. The first-order valence-corrected chi connectivity index (χ1v) is 6.46. The lowest BCUT2D eigenvalue weighted by Gasteiger charge is -1.94. The maximum absolute atomic E-state index is 4.42. The van der Waals surface area contributed by atoms with E-state index in [1.807, 2.05) is 6.21 Å². The summed E-state index contributed by atoms with van der Waals surface area (Å²) in [5, 5.41) is 0. The van der Waals surface area contributed by atoms with Crippen molar-refractivity contribution in [1.29, 1.82) is 0 Å². The van der Waals surface area contributed by atoms with Gasteiger partial charge in [-0.15, -0.1) is 0 Å². The van der Waals surface area contributed by atoms with Crippen molar-refractivity contribution in [3.05, 3.63) is 23.3 Å². The Kier molecular flexibility index (Phi) is 10.1. The molecule has 0 atom stereocenters. The molecule has 0 spiro atoms. The molecule has 92 valence electrons. The van der Waals surface area contributed by atoms with E-state index in [-0.39, 0.29) is 0 Å². The third-order valence-corrected chi connectivity index (χ3v) is 2.36. The van der Waals surface area contributed by atoms with Crippen LogP contribution in [0, 0.1) is 0 Å². The number of nitrogens with zero attached hydrogens (tertiary/aromatic N) is 1. The Labute approximate surface area is 101 Å². The zero-order valence-corrected chi connectivity index (χ0v) is 11.4. The Hall–Kier alpha value is -0.850. The first kappa shape index (κ1) is 15.2. The molecule has 0 radical (unpaired) electrons. The van der Waals surface area contributed by atoms with Gasteiger partial charge in [0.2, 0.25) is 0 Å². The minimum Gasteiger partial charge on any atom is -0.293 e. The minimum atomic E-state index is 0.947. The molecular weight excluding hydrogens is 194 g/mol. The van der Waals surface area contributed by atoms with Gasteiger partial charge in [-0.1, -0.05) is 37.5 Å². The van der Waals surface area contributed by atoms with E-state index in [1.165, 1.54) is 30.4 Å². The van der Waals surface area contributed by atoms with Gasteiger partial charge in [0.15, 0.2) is 0 Å². The highest BCUT2D eigenvalue weighted by atomic mass is 14.7. The van der Waals surface area contributed by atoms with Gasteiger partial charge >= 0.3 is 0 Å². The Bertz CT molecular complexity index is 242. The highest BCUT2D eigenvalue weighted by Crippen LogP contribution is 2.00. The van der Waals surface area contributed by atoms with Crippen molar-refractivity contribution in [3.8, 4) is 0 Å². The van der Waals surface area contributed by atoms with Crippen molar-refractivity contribution >= 4 is 6.21 Å². The number of hydrogen-bond donors (Lipinski definition) is 0. The highest BCUT2D eigenvalue weighted by molar-refractivity contribution is 5.77. The van der Waals surface area contributed by atoms with Crippen LogP contribution in [0.2, 0.25) is 0 Å². The second-order valence-corrected chi connectivity index (χ2v) is 4.55. The van der Waals surface area contributed by atoms with Crippen LogP contribution in [-0.4, -0.2) is 12.8 Å². The van der Waals surface area contributed by atoms with E-state index in [2.05, 4.69) is 44.8 Å². The second kappa shape index (κ2) is 10.7. The van der Waals surface area contributed by atoms with Crippen LogP contribution < -0.4 is 0 Å². The van der Waals surface area contributed by atoms with Crippen LogP contribution in [0.5, 0.6) is 0 Å². The summed E-state index contributed by atoms with van der Waals surface area (Å²) < 4.78 is 0. The predicted molar refractivity (Wildman–Crippen MR) is 75.3 cm³/mol. The van der Waals surface area contributed by atoms with Gasteiger partial charge in [0, 0.05) is 12.8 Å². The SMILES string of the molecule is CCCC/C=C(/C)C=NCCCC=C(C)C. The molecule has 0 unspecified atom stereocenters. The molecule has 1 nitrogen and oxygen atoms in total. The van der Waals surface area contributed by atoms with Crippen LogP contribution in [0.3, 0.4) is 0 Å². The van der Waals surface area contributed by atoms with E-state index in [4.69, 9.17) is 0 Å². The van der Waals surface area contributed by atoms with Crippen molar-refractivity contribution < 1.29 is 0 Å². The van der Waals surface area contributed by atoms with Crippen LogP contribution >= 0.6 is 0 Å². The monoisotopic (exact) mass is 221 g/mol. The zero-order valence-electron chi connectivity index (χ0n) is 11.4. The molecular formula is C15H27N. The molecule has 0 aromatic carbocycles. The molecule has 0 amide bonds. The lowest BCUT2D eigenvalue weighted by molar-refractivity contribution is 0.812. The molecule has 0 heterocycles. The fourth-order valence-electron chi connectivity index (χ4n) is 1.37. The van der Waals surface area contributed by atoms with E-state index >= 15 is 0 Å². The van der Waals surface area contributed by atoms with Gasteiger partial charge in [0.25, 0.3) is 0 Å². The quantitative estimate of drug-likeness (QED) is 0.313. The van der Waals surface area contributed by atoms with E-state index < -0.39 is 0 Å². The van der Waals surface area contributed by atoms with Gasteiger partial charge in [0.1, 0.15) is 0 Å². The molecule has 0 aromatic heterocycles. The average Bonchev–Trinajstić information content (AvgIpc) is 2.23. The van der Waals surface area contributed by atoms with Crippen molar-refractivity contribution in [2.45, 2.75) is 59.8 Å². The topological polar surface area (TPSA) is 12.4 Å². The lowest BCUT2D eigenvalue weighted by Crippen LogP contribution is -1.84. The maximum atomic E-state index is 4.42. The number of hydrogen-bond acceptors (Lipinski definition) is 1. The molecule has 0 aliphatic carbocycles. The Balaban J connectivity index is 3.59. The van der Waals surface area contributed by atoms with Gasteiger partial charge in [-0.3, -0.25) is 4.99 Å². The van der Waals surface area contributed by atoms with Crippen molar-refractivity contribution in [2.24, 2.45) is 4.99 Å². The van der Waals surface area contributed by atoms with Crippen LogP contribution in [0.25, 0.3) is 0 Å². The van der Waals surface area contributed by atoms with Crippen LogP contribution in [0.1, 0.15) is 59.8 Å². The van der Waals surface area contributed by atoms with E-state index in [9.17, 15) is 0 Å². The number of unbranched alkanes of at least 4 members (excludes halogenated alkanes) is 3. The normalized spacial score (nSPS) is 12.1. The van der Waals surface area contributed by atoms with E-state index in [0.29, 0.717) is 0 Å². The fourth-order valence-corrected chi connectivity index (χ4v) is 1.37. The summed E-state index contributed by atoms with van der Waals surface area (Å²) in [4.78, 5) is 4.42. The second-order valence-electron chi connectivity index (χ2n) is 4.55. The van der Waals surface area contributed by atoms with Gasteiger partial charge in [0.05, 0.1) is 0 Å². The first-order valence-electron chi connectivity index (χ1n) is 6.46. The number of allylic oxidation sites excluding steroid dienone is 4. The molecule has 0 bridgehead atoms. The standard InChI is InChI=1S/C15H27N/c1-5-6-7-11-15(4)13-16-12-9-8-10-14(2)3/h10-11,13H,5-9,12H2,1-4H3/b15-11-,16-13?. The van der Waals surface area contributed by atoms with Gasteiger partial charge in [-0.2, -0.15) is 0 Å². The predicted octanol–water partition coefficient (Wildman–Crippen LogP) is 4.94. The number of rotatable bonds is 8. The van der Waals surface area contributed by atoms with Crippen LogP contribution in [0.4, 0.5) is 0 Å². The minimum absolute atomic E-state index is 0.947. The summed E-state index contributed by atoms with van der Waals surface area (Å²) in [7, 11) is 0. The smallest absolute Gasteiger partial charge is 0.0392 e. The van der Waals surface area contributed by atoms with Gasteiger partial charge in [-0.25, -0.2) is 0 Å². The Morgan fingerprint density at radius 1 is 1.00 bits per heavy atom. The molecule has 0 N–H and O–H groups in total. The van der Waals surface area contributed by atoms with E-state index in [1.54, 1.807) is 0 Å². The summed E-state index contributed by atoms with van der Waals surface area (Å²) in [6, 6.07) is 0. The molecule has 0 aliphatic rings. The molecule has 0 aromatic rings. The lowest BCUT2D eigenvalue weighted by atomic mass is 10.2. The third-order valence-electron chi connectivity index (χ3n) is 2.36. The summed E-state index contributed by atoms with van der Waals surface area (Å²) in [6.07, 6.45) is 12.6.